The second-order valence-corrected chi connectivity index (χ2v) is 6.69. The predicted octanol–water partition coefficient (Wildman–Crippen LogP) is 2.92. The van der Waals surface area contributed by atoms with Gasteiger partial charge in [-0.3, -0.25) is 4.79 Å². The third kappa shape index (κ3) is 4.20. The van der Waals surface area contributed by atoms with Gasteiger partial charge in [0.15, 0.2) is 0 Å². The normalized spacial score (nSPS) is 18.3. The Bertz CT molecular complexity index is 505. The number of hydrogen-bond donors (Lipinski definition) is 1. The van der Waals surface area contributed by atoms with E-state index in [1.807, 2.05) is 44.0 Å². The van der Waals surface area contributed by atoms with Crippen LogP contribution in [-0.4, -0.2) is 43.6 Å². The molecule has 1 N–H and O–H groups in total. The largest absolute Gasteiger partial charge is 0.490 e. The quantitative estimate of drug-likeness (QED) is 0.883. The van der Waals surface area contributed by atoms with Crippen molar-refractivity contribution in [3.63, 3.8) is 0 Å². The van der Waals surface area contributed by atoms with E-state index in [-0.39, 0.29) is 12.0 Å². The van der Waals surface area contributed by atoms with Gasteiger partial charge in [0.25, 0.3) is 5.91 Å². The molecule has 21 heavy (non-hydrogen) atoms. The summed E-state index contributed by atoms with van der Waals surface area (Å²) in [4.78, 5) is 14.6. The van der Waals surface area contributed by atoms with Gasteiger partial charge in [0.05, 0.1) is 11.7 Å². The molecule has 0 radical (unpaired) electrons. The van der Waals surface area contributed by atoms with Crippen LogP contribution in [0.3, 0.4) is 0 Å². The first-order valence-corrected chi connectivity index (χ1v) is 8.20. The lowest BCUT2D eigenvalue weighted by molar-refractivity contribution is 0.0781. The molecule has 0 bridgehead atoms. The zero-order valence-corrected chi connectivity index (χ0v) is 14.4. The van der Waals surface area contributed by atoms with Gasteiger partial charge in [0.1, 0.15) is 5.75 Å². The van der Waals surface area contributed by atoms with Crippen molar-refractivity contribution in [1.82, 2.24) is 10.2 Å². The predicted molar refractivity (Wildman–Crippen MR) is 87.8 cm³/mol. The van der Waals surface area contributed by atoms with Crippen LogP contribution in [-0.2, 0) is 0 Å². The summed E-state index contributed by atoms with van der Waals surface area (Å²) >= 11 is 3.44. The molecule has 1 aliphatic rings. The van der Waals surface area contributed by atoms with Crippen LogP contribution in [0, 0.1) is 5.92 Å². The van der Waals surface area contributed by atoms with E-state index in [1.54, 1.807) is 0 Å². The smallest absolute Gasteiger partial charge is 0.257 e. The van der Waals surface area contributed by atoms with Gasteiger partial charge in [-0.1, -0.05) is 15.9 Å². The molecule has 0 saturated carbocycles. The van der Waals surface area contributed by atoms with E-state index in [1.165, 1.54) is 0 Å². The average Bonchev–Trinajstić information content (AvgIpc) is 2.86. The van der Waals surface area contributed by atoms with Gasteiger partial charge < -0.3 is 15.0 Å². The molecule has 0 spiro atoms. The number of hydrogen-bond acceptors (Lipinski definition) is 3. The summed E-state index contributed by atoms with van der Waals surface area (Å²) in [6.45, 7) is 6.53. The van der Waals surface area contributed by atoms with Crippen LogP contribution in [0.5, 0.6) is 5.75 Å². The Kier molecular flexibility index (Phi) is 5.65. The third-order valence-corrected chi connectivity index (χ3v) is 4.10. The van der Waals surface area contributed by atoms with Crippen molar-refractivity contribution in [3.05, 3.63) is 28.2 Å². The Balaban J connectivity index is 2.15. The zero-order chi connectivity index (χ0) is 15.4. The van der Waals surface area contributed by atoms with Crippen LogP contribution in [0.2, 0.25) is 0 Å². The van der Waals surface area contributed by atoms with Crippen molar-refractivity contribution in [2.45, 2.75) is 26.4 Å². The molecule has 0 aromatic heterocycles. The Morgan fingerprint density at radius 3 is 2.95 bits per heavy atom. The van der Waals surface area contributed by atoms with Gasteiger partial charge in [0.2, 0.25) is 0 Å². The maximum Gasteiger partial charge on any atom is 0.257 e. The minimum atomic E-state index is 0.0430. The summed E-state index contributed by atoms with van der Waals surface area (Å²) in [5.74, 6) is 1.27. The SMILES string of the molecule is CNC[C@@H]1CCN(C(=O)c2ccc(Br)cc2OC(C)C)C1. The molecular formula is C16H23BrN2O2. The average molecular weight is 355 g/mol. The monoisotopic (exact) mass is 354 g/mol. The lowest BCUT2D eigenvalue weighted by atomic mass is 10.1. The summed E-state index contributed by atoms with van der Waals surface area (Å²) in [6, 6.07) is 5.60. The standard InChI is InChI=1S/C16H23BrN2O2/c1-11(2)21-15-8-13(17)4-5-14(15)16(20)19-7-6-12(10-19)9-18-3/h4-5,8,11-12,18H,6-7,9-10H2,1-3H3/t12-/m0/s1. The number of likely N-dealkylation sites (tertiary alicyclic amines) is 1. The van der Waals surface area contributed by atoms with Gasteiger partial charge >= 0.3 is 0 Å². The zero-order valence-electron chi connectivity index (χ0n) is 12.9. The van der Waals surface area contributed by atoms with Gasteiger partial charge in [0, 0.05) is 17.6 Å². The highest BCUT2D eigenvalue weighted by Crippen LogP contribution is 2.28. The lowest BCUT2D eigenvalue weighted by Gasteiger charge is -2.20. The Morgan fingerprint density at radius 1 is 1.52 bits per heavy atom. The minimum Gasteiger partial charge on any atom is -0.490 e. The van der Waals surface area contributed by atoms with Crippen molar-refractivity contribution in [2.75, 3.05) is 26.7 Å². The fraction of sp³-hybridized carbons (Fsp3) is 0.562. The number of nitrogens with one attached hydrogen (secondary N) is 1. The number of benzene rings is 1. The molecule has 1 aromatic carbocycles. The molecule has 1 saturated heterocycles. The van der Waals surface area contributed by atoms with Gasteiger partial charge in [-0.05, 0) is 58.0 Å². The van der Waals surface area contributed by atoms with Crippen molar-refractivity contribution in [1.29, 1.82) is 0 Å². The molecule has 5 heteroatoms. The molecule has 0 aliphatic carbocycles. The fourth-order valence-electron chi connectivity index (χ4n) is 2.67. The summed E-state index contributed by atoms with van der Waals surface area (Å²) < 4.78 is 6.71. The van der Waals surface area contributed by atoms with E-state index in [0.29, 0.717) is 17.2 Å². The lowest BCUT2D eigenvalue weighted by Crippen LogP contribution is -2.30. The van der Waals surface area contributed by atoms with Crippen LogP contribution in [0.4, 0.5) is 0 Å². The molecule has 2 rings (SSSR count). The van der Waals surface area contributed by atoms with Crippen LogP contribution < -0.4 is 10.1 Å². The molecule has 116 valence electrons. The first kappa shape index (κ1) is 16.3. The van der Waals surface area contributed by atoms with Gasteiger partial charge in [-0.15, -0.1) is 0 Å². The van der Waals surface area contributed by atoms with E-state index >= 15 is 0 Å². The topological polar surface area (TPSA) is 41.6 Å². The minimum absolute atomic E-state index is 0.0430. The molecule has 1 atom stereocenters. The highest BCUT2D eigenvalue weighted by Gasteiger charge is 2.28. The van der Waals surface area contributed by atoms with E-state index in [4.69, 9.17) is 4.74 Å². The Labute approximate surface area is 135 Å². The van der Waals surface area contributed by atoms with Crippen LogP contribution in [0.15, 0.2) is 22.7 Å². The number of rotatable bonds is 5. The fourth-order valence-corrected chi connectivity index (χ4v) is 3.01. The van der Waals surface area contributed by atoms with E-state index in [0.717, 1.165) is 30.5 Å². The molecule has 1 aromatic rings. The first-order valence-electron chi connectivity index (χ1n) is 7.41. The summed E-state index contributed by atoms with van der Waals surface area (Å²) in [5.41, 5.74) is 0.650. The molecule has 1 aliphatic heterocycles. The van der Waals surface area contributed by atoms with E-state index in [2.05, 4.69) is 21.2 Å². The van der Waals surface area contributed by atoms with Crippen molar-refractivity contribution < 1.29 is 9.53 Å². The summed E-state index contributed by atoms with van der Waals surface area (Å²) in [5, 5.41) is 3.18. The maximum atomic E-state index is 12.7. The van der Waals surface area contributed by atoms with E-state index in [9.17, 15) is 4.79 Å². The number of nitrogens with zero attached hydrogens (tertiary/aromatic N) is 1. The molecule has 1 amide bonds. The Hall–Kier alpha value is -1.07. The van der Waals surface area contributed by atoms with Gasteiger partial charge in [-0.2, -0.15) is 0 Å². The van der Waals surface area contributed by atoms with E-state index < -0.39 is 0 Å². The number of carbonyl (C=O) groups excluding carboxylic acids is 1. The third-order valence-electron chi connectivity index (χ3n) is 3.60. The van der Waals surface area contributed by atoms with Crippen molar-refractivity contribution >= 4 is 21.8 Å². The molecule has 1 fully saturated rings. The number of halogens is 1. The molecular weight excluding hydrogens is 332 g/mol. The second kappa shape index (κ2) is 7.27. The first-order chi connectivity index (χ1) is 10.0. The van der Waals surface area contributed by atoms with Crippen molar-refractivity contribution in [3.8, 4) is 5.75 Å². The van der Waals surface area contributed by atoms with Crippen molar-refractivity contribution in [2.24, 2.45) is 5.92 Å². The molecule has 1 heterocycles. The maximum absolute atomic E-state index is 12.7. The second-order valence-electron chi connectivity index (χ2n) is 5.77. The van der Waals surface area contributed by atoms with Crippen LogP contribution in [0.1, 0.15) is 30.6 Å². The summed E-state index contributed by atoms with van der Waals surface area (Å²) in [7, 11) is 1.95. The number of amides is 1. The van der Waals surface area contributed by atoms with Crippen LogP contribution in [0.25, 0.3) is 0 Å². The Morgan fingerprint density at radius 2 is 2.29 bits per heavy atom. The molecule has 4 nitrogen and oxygen atoms in total. The number of ether oxygens (including phenoxy) is 1. The highest BCUT2D eigenvalue weighted by molar-refractivity contribution is 9.10. The highest BCUT2D eigenvalue weighted by atomic mass is 79.9. The van der Waals surface area contributed by atoms with Crippen LogP contribution >= 0.6 is 15.9 Å². The summed E-state index contributed by atoms with van der Waals surface area (Å²) in [6.07, 6.45) is 1.10. The van der Waals surface area contributed by atoms with Gasteiger partial charge in [-0.25, -0.2) is 0 Å². The number of carbonyl (C=O) groups is 1. The molecule has 0 unspecified atom stereocenters.